The van der Waals surface area contributed by atoms with Crippen molar-refractivity contribution in [3.05, 3.63) is 69.5 Å². The van der Waals surface area contributed by atoms with Crippen molar-refractivity contribution < 1.29 is 0 Å². The smallest absolute Gasteiger partial charge is 0.0991 e. The van der Waals surface area contributed by atoms with Gasteiger partial charge in [-0.25, -0.2) is 0 Å². The van der Waals surface area contributed by atoms with Crippen molar-refractivity contribution in [2.75, 3.05) is 0 Å². The molecule has 0 radical (unpaired) electrons. The molecule has 1 heterocycles. The molecule has 0 N–H and O–H groups in total. The maximum absolute atomic E-state index is 8.83. The second kappa shape index (κ2) is 5.85. The zero-order chi connectivity index (χ0) is 14.8. The maximum atomic E-state index is 8.83. The van der Waals surface area contributed by atoms with E-state index >= 15 is 0 Å². The standard InChI is InChI=1S/C18H12BrNS/c1-12-17(19)10-18(21-12)16-8-6-15(7-9-16)14-4-2-13(11-20)3-5-14/h2-10H,1H3. The largest absolute Gasteiger partial charge is 0.192 e. The average Bonchev–Trinajstić information content (AvgIpc) is 2.87. The van der Waals surface area contributed by atoms with Gasteiger partial charge in [-0.05, 0) is 57.7 Å². The zero-order valence-corrected chi connectivity index (χ0v) is 13.8. The van der Waals surface area contributed by atoms with E-state index in [1.54, 1.807) is 11.3 Å². The normalized spacial score (nSPS) is 10.3. The molecule has 0 fully saturated rings. The highest BCUT2D eigenvalue weighted by molar-refractivity contribution is 9.10. The second-order valence-electron chi connectivity index (χ2n) is 4.78. The lowest BCUT2D eigenvalue weighted by Gasteiger charge is -2.03. The number of aryl methyl sites for hydroxylation is 1. The molecule has 0 amide bonds. The van der Waals surface area contributed by atoms with Crippen LogP contribution in [0.25, 0.3) is 21.6 Å². The van der Waals surface area contributed by atoms with E-state index in [4.69, 9.17) is 5.26 Å². The van der Waals surface area contributed by atoms with Gasteiger partial charge < -0.3 is 0 Å². The van der Waals surface area contributed by atoms with Crippen molar-refractivity contribution in [2.45, 2.75) is 6.92 Å². The van der Waals surface area contributed by atoms with Crippen LogP contribution in [0.5, 0.6) is 0 Å². The highest BCUT2D eigenvalue weighted by Crippen LogP contribution is 2.34. The second-order valence-corrected chi connectivity index (χ2v) is 6.89. The van der Waals surface area contributed by atoms with Crippen LogP contribution in [0.1, 0.15) is 10.4 Å². The number of nitriles is 1. The lowest BCUT2D eigenvalue weighted by molar-refractivity contribution is 1.48. The predicted molar refractivity (Wildman–Crippen MR) is 92.3 cm³/mol. The fourth-order valence-electron chi connectivity index (χ4n) is 2.17. The van der Waals surface area contributed by atoms with Gasteiger partial charge in [0.05, 0.1) is 11.6 Å². The Labute approximate surface area is 136 Å². The average molecular weight is 354 g/mol. The van der Waals surface area contributed by atoms with Gasteiger partial charge in [0.25, 0.3) is 0 Å². The Morgan fingerprint density at radius 2 is 1.43 bits per heavy atom. The van der Waals surface area contributed by atoms with Crippen molar-refractivity contribution in [3.8, 4) is 27.6 Å². The van der Waals surface area contributed by atoms with Gasteiger partial charge in [-0.15, -0.1) is 11.3 Å². The van der Waals surface area contributed by atoms with Gasteiger partial charge in [0.2, 0.25) is 0 Å². The Morgan fingerprint density at radius 3 is 1.90 bits per heavy atom. The van der Waals surface area contributed by atoms with Crippen LogP contribution < -0.4 is 0 Å². The Bertz CT molecular complexity index is 788. The first-order valence-corrected chi connectivity index (χ1v) is 8.15. The molecule has 3 aromatic rings. The van der Waals surface area contributed by atoms with Crippen LogP contribution in [0, 0.1) is 18.3 Å². The third-order valence-corrected chi connectivity index (χ3v) is 5.56. The Kier molecular flexibility index (Phi) is 3.92. The third-order valence-electron chi connectivity index (χ3n) is 3.37. The van der Waals surface area contributed by atoms with Crippen LogP contribution in [-0.4, -0.2) is 0 Å². The van der Waals surface area contributed by atoms with Gasteiger partial charge in [-0.2, -0.15) is 5.26 Å². The van der Waals surface area contributed by atoms with E-state index in [0.29, 0.717) is 5.56 Å². The number of thiophene rings is 1. The van der Waals surface area contributed by atoms with E-state index in [0.717, 1.165) is 11.1 Å². The predicted octanol–water partition coefficient (Wildman–Crippen LogP) is 6.02. The summed E-state index contributed by atoms with van der Waals surface area (Å²) in [5.41, 5.74) is 4.21. The molecule has 0 aliphatic carbocycles. The molecule has 0 atom stereocenters. The summed E-state index contributed by atoms with van der Waals surface area (Å²) in [4.78, 5) is 2.56. The van der Waals surface area contributed by atoms with Crippen LogP contribution in [0.2, 0.25) is 0 Å². The molecule has 21 heavy (non-hydrogen) atoms. The van der Waals surface area contributed by atoms with E-state index in [1.807, 2.05) is 24.3 Å². The van der Waals surface area contributed by atoms with Crippen LogP contribution in [0.4, 0.5) is 0 Å². The van der Waals surface area contributed by atoms with Crippen LogP contribution in [-0.2, 0) is 0 Å². The molecule has 102 valence electrons. The van der Waals surface area contributed by atoms with E-state index in [2.05, 4.69) is 59.3 Å². The molecule has 1 aromatic heterocycles. The number of hydrogen-bond donors (Lipinski definition) is 0. The summed E-state index contributed by atoms with van der Waals surface area (Å²) in [5.74, 6) is 0. The van der Waals surface area contributed by atoms with Gasteiger partial charge in [-0.3, -0.25) is 0 Å². The van der Waals surface area contributed by atoms with E-state index < -0.39 is 0 Å². The van der Waals surface area contributed by atoms with Gasteiger partial charge in [0.1, 0.15) is 0 Å². The molecular weight excluding hydrogens is 342 g/mol. The first-order valence-electron chi connectivity index (χ1n) is 6.54. The summed E-state index contributed by atoms with van der Waals surface area (Å²) in [5, 5.41) is 8.83. The summed E-state index contributed by atoms with van der Waals surface area (Å²) in [6.07, 6.45) is 0. The molecule has 0 saturated heterocycles. The minimum Gasteiger partial charge on any atom is -0.192 e. The molecule has 0 bridgehead atoms. The van der Waals surface area contributed by atoms with E-state index in [1.165, 1.54) is 19.8 Å². The SMILES string of the molecule is Cc1sc(-c2ccc(-c3ccc(C#N)cc3)cc2)cc1Br. The molecular formula is C18H12BrNS. The number of benzene rings is 2. The zero-order valence-electron chi connectivity index (χ0n) is 11.4. The summed E-state index contributed by atoms with van der Waals surface area (Å²) in [7, 11) is 0. The summed E-state index contributed by atoms with van der Waals surface area (Å²) < 4.78 is 1.17. The van der Waals surface area contributed by atoms with Crippen LogP contribution >= 0.6 is 27.3 Å². The Morgan fingerprint density at radius 1 is 0.905 bits per heavy atom. The highest BCUT2D eigenvalue weighted by atomic mass is 79.9. The lowest BCUT2D eigenvalue weighted by atomic mass is 10.0. The summed E-state index contributed by atoms with van der Waals surface area (Å²) >= 11 is 5.35. The molecule has 0 unspecified atom stereocenters. The molecule has 0 saturated carbocycles. The van der Waals surface area contributed by atoms with Crippen molar-refractivity contribution in [3.63, 3.8) is 0 Å². The summed E-state index contributed by atoms with van der Waals surface area (Å²) in [6, 6.07) is 20.5. The number of nitrogens with zero attached hydrogens (tertiary/aromatic N) is 1. The molecule has 0 aliphatic rings. The molecule has 0 aliphatic heterocycles. The van der Waals surface area contributed by atoms with Crippen molar-refractivity contribution in [2.24, 2.45) is 0 Å². The quantitative estimate of drug-likeness (QED) is 0.552. The lowest BCUT2D eigenvalue weighted by Crippen LogP contribution is -1.79. The van der Waals surface area contributed by atoms with Gasteiger partial charge in [0.15, 0.2) is 0 Å². The van der Waals surface area contributed by atoms with Crippen molar-refractivity contribution in [1.82, 2.24) is 0 Å². The monoisotopic (exact) mass is 353 g/mol. The molecule has 1 nitrogen and oxygen atoms in total. The van der Waals surface area contributed by atoms with Gasteiger partial charge >= 0.3 is 0 Å². The minimum atomic E-state index is 0.689. The first kappa shape index (κ1) is 14.1. The van der Waals surface area contributed by atoms with Crippen LogP contribution in [0.15, 0.2) is 59.1 Å². The van der Waals surface area contributed by atoms with Gasteiger partial charge in [0, 0.05) is 14.2 Å². The molecule has 0 spiro atoms. The van der Waals surface area contributed by atoms with E-state index in [9.17, 15) is 0 Å². The van der Waals surface area contributed by atoms with Crippen molar-refractivity contribution in [1.29, 1.82) is 5.26 Å². The van der Waals surface area contributed by atoms with E-state index in [-0.39, 0.29) is 0 Å². The molecule has 3 heteroatoms. The topological polar surface area (TPSA) is 23.8 Å². The Hall–Kier alpha value is -1.89. The van der Waals surface area contributed by atoms with Gasteiger partial charge in [-0.1, -0.05) is 36.4 Å². The van der Waals surface area contributed by atoms with Crippen molar-refractivity contribution >= 4 is 27.3 Å². The first-order chi connectivity index (χ1) is 10.2. The maximum Gasteiger partial charge on any atom is 0.0991 e. The third kappa shape index (κ3) is 2.92. The number of hydrogen-bond acceptors (Lipinski definition) is 2. The highest BCUT2D eigenvalue weighted by Gasteiger charge is 2.06. The van der Waals surface area contributed by atoms with Crippen LogP contribution in [0.3, 0.4) is 0 Å². The number of rotatable bonds is 2. The number of halogens is 1. The molecule has 3 rings (SSSR count). The molecule has 2 aromatic carbocycles. The minimum absolute atomic E-state index is 0.689. The fourth-order valence-corrected chi connectivity index (χ4v) is 3.71. The summed E-state index contributed by atoms with van der Waals surface area (Å²) in [6.45, 7) is 2.11. The fraction of sp³-hybridized carbons (Fsp3) is 0.0556. The Balaban J connectivity index is 1.91.